The highest BCUT2D eigenvalue weighted by Gasteiger charge is 2.21. The second-order valence-corrected chi connectivity index (χ2v) is 6.66. The third kappa shape index (κ3) is 5.90. The molecule has 1 unspecified atom stereocenters. The second-order valence-electron chi connectivity index (χ2n) is 5.67. The molecule has 0 aliphatic rings. The van der Waals surface area contributed by atoms with Crippen molar-refractivity contribution in [1.29, 1.82) is 0 Å². The number of nitrogens with one attached hydrogen (secondary N) is 2. The van der Waals surface area contributed by atoms with E-state index in [-0.39, 0.29) is 17.6 Å². The van der Waals surface area contributed by atoms with Crippen molar-refractivity contribution in [3.05, 3.63) is 65.5 Å². The number of rotatable bonds is 7. The minimum Gasteiger partial charge on any atom is -0.340 e. The number of benzene rings is 2. The largest absolute Gasteiger partial charge is 0.340 e. The Hall–Kier alpha value is -2.34. The topological polar surface area (TPSA) is 58.2 Å². The van der Waals surface area contributed by atoms with Crippen molar-refractivity contribution in [3.8, 4) is 0 Å². The number of carbonyl (C=O) groups excluding carboxylic acids is 2. The molecule has 0 fully saturated rings. The van der Waals surface area contributed by atoms with Gasteiger partial charge in [-0.2, -0.15) is 11.8 Å². The predicted octanol–water partition coefficient (Wildman–Crippen LogP) is 3.62. The first-order chi connectivity index (χ1) is 12.0. The van der Waals surface area contributed by atoms with Crippen molar-refractivity contribution in [2.75, 3.05) is 17.3 Å². The lowest BCUT2D eigenvalue weighted by atomic mass is 10.1. The molecular formula is C19H21FN2O2S. The van der Waals surface area contributed by atoms with E-state index in [0.29, 0.717) is 17.7 Å². The fraction of sp³-hybridized carbons (Fsp3) is 0.263. The molecule has 2 aromatic rings. The Balaban J connectivity index is 2.07. The van der Waals surface area contributed by atoms with E-state index in [4.69, 9.17) is 0 Å². The molecule has 2 rings (SSSR count). The molecule has 0 saturated heterocycles. The van der Waals surface area contributed by atoms with Crippen LogP contribution < -0.4 is 10.6 Å². The van der Waals surface area contributed by atoms with Gasteiger partial charge in [-0.1, -0.05) is 17.7 Å². The molecule has 2 aromatic carbocycles. The van der Waals surface area contributed by atoms with Crippen molar-refractivity contribution < 1.29 is 14.0 Å². The van der Waals surface area contributed by atoms with Crippen molar-refractivity contribution in [2.24, 2.45) is 0 Å². The Morgan fingerprint density at radius 2 is 1.88 bits per heavy atom. The Kier molecular flexibility index (Phi) is 7.01. The maximum Gasteiger partial charge on any atom is 0.251 e. The Morgan fingerprint density at radius 3 is 2.52 bits per heavy atom. The summed E-state index contributed by atoms with van der Waals surface area (Å²) in [6.07, 6.45) is 2.45. The van der Waals surface area contributed by atoms with Crippen LogP contribution in [0.1, 0.15) is 22.3 Å². The summed E-state index contributed by atoms with van der Waals surface area (Å²) in [6, 6.07) is 12.1. The molecule has 0 aromatic heterocycles. The van der Waals surface area contributed by atoms with Crippen LogP contribution in [0, 0.1) is 12.7 Å². The maximum absolute atomic E-state index is 13.0. The van der Waals surface area contributed by atoms with Gasteiger partial charge >= 0.3 is 0 Å². The molecule has 6 heteroatoms. The van der Waals surface area contributed by atoms with Crippen LogP contribution in [-0.2, 0) is 4.79 Å². The summed E-state index contributed by atoms with van der Waals surface area (Å²) in [5.74, 6) is -0.245. The molecular weight excluding hydrogens is 339 g/mol. The number of amides is 2. The van der Waals surface area contributed by atoms with Crippen LogP contribution in [-0.4, -0.2) is 29.9 Å². The number of hydrogen-bond donors (Lipinski definition) is 2. The van der Waals surface area contributed by atoms with Crippen molar-refractivity contribution in [1.82, 2.24) is 5.32 Å². The minimum absolute atomic E-state index is 0.288. The lowest BCUT2D eigenvalue weighted by Crippen LogP contribution is -2.44. The number of aryl methyl sites for hydroxylation is 1. The molecule has 0 heterocycles. The highest BCUT2D eigenvalue weighted by atomic mass is 32.2. The first-order valence-electron chi connectivity index (χ1n) is 7.92. The Labute approximate surface area is 151 Å². The third-order valence-corrected chi connectivity index (χ3v) is 4.27. The van der Waals surface area contributed by atoms with E-state index in [1.807, 2.05) is 19.2 Å². The zero-order valence-electron chi connectivity index (χ0n) is 14.2. The average molecular weight is 360 g/mol. The summed E-state index contributed by atoms with van der Waals surface area (Å²) in [5, 5.41) is 5.51. The first-order valence-corrected chi connectivity index (χ1v) is 9.32. The van der Waals surface area contributed by atoms with Crippen molar-refractivity contribution >= 4 is 29.3 Å². The van der Waals surface area contributed by atoms with Crippen LogP contribution in [0.5, 0.6) is 0 Å². The molecule has 0 radical (unpaired) electrons. The second kappa shape index (κ2) is 9.22. The molecule has 0 saturated carbocycles. The van der Waals surface area contributed by atoms with Crippen LogP contribution >= 0.6 is 11.8 Å². The van der Waals surface area contributed by atoms with Gasteiger partial charge in [0.2, 0.25) is 5.91 Å². The van der Waals surface area contributed by atoms with Crippen molar-refractivity contribution in [3.63, 3.8) is 0 Å². The normalized spacial score (nSPS) is 11.6. The van der Waals surface area contributed by atoms with Gasteiger partial charge in [-0.3, -0.25) is 9.59 Å². The van der Waals surface area contributed by atoms with Gasteiger partial charge in [0.1, 0.15) is 11.9 Å². The van der Waals surface area contributed by atoms with Gasteiger partial charge < -0.3 is 10.6 Å². The molecule has 132 valence electrons. The fourth-order valence-electron chi connectivity index (χ4n) is 2.29. The fourth-order valence-corrected chi connectivity index (χ4v) is 2.77. The van der Waals surface area contributed by atoms with E-state index in [1.54, 1.807) is 30.0 Å². The molecule has 0 spiro atoms. The van der Waals surface area contributed by atoms with E-state index in [0.717, 1.165) is 11.3 Å². The molecule has 0 aliphatic carbocycles. The van der Waals surface area contributed by atoms with Crippen LogP contribution in [0.2, 0.25) is 0 Å². The molecule has 2 amide bonds. The summed E-state index contributed by atoms with van der Waals surface area (Å²) in [7, 11) is 0. The average Bonchev–Trinajstić information content (AvgIpc) is 2.60. The van der Waals surface area contributed by atoms with Crippen LogP contribution in [0.4, 0.5) is 10.1 Å². The smallest absolute Gasteiger partial charge is 0.251 e. The molecule has 4 nitrogen and oxygen atoms in total. The standard InChI is InChI=1S/C19H21FN2O2S/c1-13-4-3-5-14(12-13)18(23)22-17(10-11-25-2)19(24)21-16-8-6-15(20)7-9-16/h3-9,12,17H,10-11H2,1-2H3,(H,21,24)(H,22,23). The van der Waals surface area contributed by atoms with Crippen LogP contribution in [0.3, 0.4) is 0 Å². The van der Waals surface area contributed by atoms with E-state index < -0.39 is 6.04 Å². The molecule has 1 atom stereocenters. The summed E-state index contributed by atoms with van der Waals surface area (Å²) in [4.78, 5) is 24.9. The summed E-state index contributed by atoms with van der Waals surface area (Å²) in [5.41, 5.74) is 1.98. The summed E-state index contributed by atoms with van der Waals surface area (Å²) in [6.45, 7) is 1.91. The van der Waals surface area contributed by atoms with Gasteiger partial charge in [0.15, 0.2) is 0 Å². The quantitative estimate of drug-likeness (QED) is 0.793. The molecule has 0 aliphatic heterocycles. The number of thioether (sulfide) groups is 1. The van der Waals surface area contributed by atoms with E-state index in [9.17, 15) is 14.0 Å². The van der Waals surface area contributed by atoms with Crippen LogP contribution in [0.25, 0.3) is 0 Å². The molecule has 25 heavy (non-hydrogen) atoms. The van der Waals surface area contributed by atoms with E-state index >= 15 is 0 Å². The van der Waals surface area contributed by atoms with Gasteiger partial charge in [0.05, 0.1) is 0 Å². The van der Waals surface area contributed by atoms with Gasteiger partial charge in [0.25, 0.3) is 5.91 Å². The Bertz CT molecular complexity index is 734. The number of hydrogen-bond acceptors (Lipinski definition) is 3. The highest BCUT2D eigenvalue weighted by molar-refractivity contribution is 7.98. The van der Waals surface area contributed by atoms with Crippen LogP contribution in [0.15, 0.2) is 48.5 Å². The summed E-state index contributed by atoms with van der Waals surface area (Å²) < 4.78 is 13.0. The molecule has 0 bridgehead atoms. The lowest BCUT2D eigenvalue weighted by Gasteiger charge is -2.18. The van der Waals surface area contributed by atoms with Gasteiger partial charge in [-0.25, -0.2) is 4.39 Å². The van der Waals surface area contributed by atoms with E-state index in [1.165, 1.54) is 24.3 Å². The van der Waals surface area contributed by atoms with Gasteiger partial charge in [-0.15, -0.1) is 0 Å². The minimum atomic E-state index is -0.662. The van der Waals surface area contributed by atoms with Gasteiger partial charge in [-0.05, 0) is 61.8 Å². The zero-order chi connectivity index (χ0) is 18.2. The Morgan fingerprint density at radius 1 is 1.16 bits per heavy atom. The molecule has 2 N–H and O–H groups in total. The maximum atomic E-state index is 13.0. The number of halogens is 1. The summed E-state index contributed by atoms with van der Waals surface area (Å²) >= 11 is 1.60. The zero-order valence-corrected chi connectivity index (χ0v) is 15.0. The predicted molar refractivity (Wildman–Crippen MR) is 100 cm³/mol. The lowest BCUT2D eigenvalue weighted by molar-refractivity contribution is -0.118. The van der Waals surface area contributed by atoms with Gasteiger partial charge in [0, 0.05) is 11.3 Å². The monoisotopic (exact) mass is 360 g/mol. The van der Waals surface area contributed by atoms with Crippen molar-refractivity contribution in [2.45, 2.75) is 19.4 Å². The number of carbonyl (C=O) groups is 2. The third-order valence-electron chi connectivity index (χ3n) is 3.62. The van der Waals surface area contributed by atoms with E-state index in [2.05, 4.69) is 10.6 Å². The first kappa shape index (κ1) is 19.0. The number of anilines is 1. The highest BCUT2D eigenvalue weighted by Crippen LogP contribution is 2.11. The SMILES string of the molecule is CSCCC(NC(=O)c1cccc(C)c1)C(=O)Nc1ccc(F)cc1.